The highest BCUT2D eigenvalue weighted by molar-refractivity contribution is 7.17. The van der Waals surface area contributed by atoms with Crippen LogP contribution in [0.25, 0.3) is 0 Å². The third-order valence-corrected chi connectivity index (χ3v) is 6.48. The first-order valence-corrected chi connectivity index (χ1v) is 10.7. The first-order valence-electron chi connectivity index (χ1n) is 9.90. The Morgan fingerprint density at radius 3 is 2.41 bits per heavy atom. The van der Waals surface area contributed by atoms with Gasteiger partial charge in [-0.25, -0.2) is 0 Å². The number of amides is 2. The molecule has 0 bridgehead atoms. The lowest BCUT2D eigenvalue weighted by atomic mass is 9.88. The Morgan fingerprint density at radius 1 is 0.966 bits per heavy atom. The van der Waals surface area contributed by atoms with Gasteiger partial charge in [0.2, 0.25) is 0 Å². The zero-order chi connectivity index (χ0) is 20.4. The van der Waals surface area contributed by atoms with Crippen LogP contribution in [-0.4, -0.2) is 11.8 Å². The summed E-state index contributed by atoms with van der Waals surface area (Å²) in [5.74, 6) is 0.234. The van der Waals surface area contributed by atoms with Crippen molar-refractivity contribution in [1.29, 1.82) is 0 Å². The number of hydrogen-bond donors (Lipinski definition) is 2. The van der Waals surface area contributed by atoms with Crippen molar-refractivity contribution in [1.82, 2.24) is 0 Å². The third kappa shape index (κ3) is 4.25. The summed E-state index contributed by atoms with van der Waals surface area (Å²) < 4.78 is 0. The van der Waals surface area contributed by atoms with Crippen LogP contribution in [0, 0.1) is 12.8 Å². The molecule has 0 spiro atoms. The minimum absolute atomic E-state index is 0.163. The van der Waals surface area contributed by atoms with Crippen LogP contribution in [0.1, 0.15) is 50.1 Å². The van der Waals surface area contributed by atoms with E-state index in [1.807, 2.05) is 49.4 Å². The standard InChI is InChI=1S/C24H24N2O2S/c1-15-8-11-18(12-9-15)25-23(28)21-19-13-10-16(2)14-20(19)29-24(21)26-22(27)17-6-4-3-5-7-17/h3-9,11-12,16H,10,13-14H2,1-2H3,(H,25,28)(H,26,27)/t16-/m0/s1. The van der Waals surface area contributed by atoms with Gasteiger partial charge in [-0.15, -0.1) is 11.3 Å². The van der Waals surface area contributed by atoms with Gasteiger partial charge in [-0.05, 0) is 61.9 Å². The number of hydrogen-bond acceptors (Lipinski definition) is 3. The lowest BCUT2D eigenvalue weighted by molar-refractivity contribution is 0.102. The number of carbonyl (C=O) groups excluding carboxylic acids is 2. The lowest BCUT2D eigenvalue weighted by Crippen LogP contribution is -2.19. The van der Waals surface area contributed by atoms with E-state index >= 15 is 0 Å². The monoisotopic (exact) mass is 404 g/mol. The molecule has 0 aliphatic heterocycles. The molecule has 0 radical (unpaired) electrons. The topological polar surface area (TPSA) is 58.2 Å². The molecule has 1 aliphatic carbocycles. The van der Waals surface area contributed by atoms with Gasteiger partial charge < -0.3 is 10.6 Å². The molecule has 2 amide bonds. The summed E-state index contributed by atoms with van der Waals surface area (Å²) in [4.78, 5) is 27.1. The second kappa shape index (κ2) is 8.21. The molecule has 5 heteroatoms. The van der Waals surface area contributed by atoms with Crippen LogP contribution in [0.3, 0.4) is 0 Å². The van der Waals surface area contributed by atoms with Gasteiger partial charge in [0.1, 0.15) is 5.00 Å². The van der Waals surface area contributed by atoms with Crippen LogP contribution in [0.5, 0.6) is 0 Å². The fourth-order valence-electron chi connectivity index (χ4n) is 3.67. The number of benzene rings is 2. The van der Waals surface area contributed by atoms with Crippen LogP contribution in [-0.2, 0) is 12.8 Å². The fraction of sp³-hybridized carbons (Fsp3) is 0.250. The normalized spacial score (nSPS) is 15.4. The molecule has 0 unspecified atom stereocenters. The van der Waals surface area contributed by atoms with E-state index in [-0.39, 0.29) is 11.8 Å². The number of rotatable bonds is 4. The summed E-state index contributed by atoms with van der Waals surface area (Å²) in [6.07, 6.45) is 2.87. The van der Waals surface area contributed by atoms with E-state index in [2.05, 4.69) is 17.6 Å². The molecule has 0 saturated heterocycles. The molecule has 1 aliphatic rings. The van der Waals surface area contributed by atoms with E-state index in [1.54, 1.807) is 12.1 Å². The minimum Gasteiger partial charge on any atom is -0.322 e. The molecule has 2 N–H and O–H groups in total. The highest BCUT2D eigenvalue weighted by Crippen LogP contribution is 2.40. The summed E-state index contributed by atoms with van der Waals surface area (Å²) >= 11 is 1.54. The van der Waals surface area contributed by atoms with Crippen LogP contribution < -0.4 is 10.6 Å². The average Bonchev–Trinajstić information content (AvgIpc) is 3.07. The summed E-state index contributed by atoms with van der Waals surface area (Å²) in [7, 11) is 0. The maximum Gasteiger partial charge on any atom is 0.258 e. The van der Waals surface area contributed by atoms with E-state index in [0.717, 1.165) is 36.1 Å². The average molecular weight is 405 g/mol. The van der Waals surface area contributed by atoms with Gasteiger partial charge in [0.15, 0.2) is 0 Å². The zero-order valence-electron chi connectivity index (χ0n) is 16.6. The largest absolute Gasteiger partial charge is 0.322 e. The molecule has 29 heavy (non-hydrogen) atoms. The minimum atomic E-state index is -0.193. The highest BCUT2D eigenvalue weighted by atomic mass is 32.1. The number of aryl methyl sites for hydroxylation is 1. The number of carbonyl (C=O) groups is 2. The molecular weight excluding hydrogens is 380 g/mol. The molecule has 0 saturated carbocycles. The fourth-order valence-corrected chi connectivity index (χ4v) is 5.08. The first kappa shape index (κ1) is 19.4. The van der Waals surface area contributed by atoms with Crippen molar-refractivity contribution in [2.45, 2.75) is 33.1 Å². The number of thiophene rings is 1. The summed E-state index contributed by atoms with van der Waals surface area (Å²) in [6.45, 7) is 4.25. The van der Waals surface area contributed by atoms with Crippen molar-refractivity contribution in [2.24, 2.45) is 5.92 Å². The van der Waals surface area contributed by atoms with E-state index < -0.39 is 0 Å². The van der Waals surface area contributed by atoms with Crippen molar-refractivity contribution < 1.29 is 9.59 Å². The first-order chi connectivity index (χ1) is 14.0. The molecule has 1 aromatic heterocycles. The van der Waals surface area contributed by atoms with Crippen molar-refractivity contribution in [3.63, 3.8) is 0 Å². The van der Waals surface area contributed by atoms with Gasteiger partial charge in [0.05, 0.1) is 5.56 Å². The third-order valence-electron chi connectivity index (χ3n) is 5.31. The Balaban J connectivity index is 1.66. The summed E-state index contributed by atoms with van der Waals surface area (Å²) in [6, 6.07) is 16.8. The summed E-state index contributed by atoms with van der Waals surface area (Å²) in [5, 5.41) is 6.64. The van der Waals surface area contributed by atoms with Crippen molar-refractivity contribution in [2.75, 3.05) is 10.6 Å². The lowest BCUT2D eigenvalue weighted by Gasteiger charge is -2.18. The molecule has 4 nitrogen and oxygen atoms in total. The van der Waals surface area contributed by atoms with E-state index in [1.165, 1.54) is 16.2 Å². The second-order valence-electron chi connectivity index (χ2n) is 7.70. The Morgan fingerprint density at radius 2 is 1.69 bits per heavy atom. The maximum atomic E-state index is 13.2. The molecule has 0 fully saturated rings. The van der Waals surface area contributed by atoms with Crippen LogP contribution in [0.4, 0.5) is 10.7 Å². The van der Waals surface area contributed by atoms with Crippen molar-refractivity contribution in [3.8, 4) is 0 Å². The Hall–Kier alpha value is -2.92. The van der Waals surface area contributed by atoms with Gasteiger partial charge in [-0.2, -0.15) is 0 Å². The summed E-state index contributed by atoms with van der Waals surface area (Å²) in [5.41, 5.74) is 4.17. The SMILES string of the molecule is Cc1ccc(NC(=O)c2c(NC(=O)c3ccccc3)sc3c2CC[C@H](C)C3)cc1. The predicted molar refractivity (Wildman–Crippen MR) is 119 cm³/mol. The Kier molecular flexibility index (Phi) is 5.49. The van der Waals surface area contributed by atoms with Gasteiger partial charge in [-0.1, -0.05) is 42.8 Å². The van der Waals surface area contributed by atoms with Crippen molar-refractivity contribution in [3.05, 3.63) is 81.7 Å². The van der Waals surface area contributed by atoms with Crippen LogP contribution >= 0.6 is 11.3 Å². The van der Waals surface area contributed by atoms with Gasteiger partial charge in [0, 0.05) is 16.1 Å². The maximum absolute atomic E-state index is 13.2. The molecule has 2 aromatic carbocycles. The molecular formula is C24H24N2O2S. The van der Waals surface area contributed by atoms with Crippen molar-refractivity contribution >= 4 is 33.8 Å². The predicted octanol–water partition coefficient (Wildman–Crippen LogP) is 5.69. The van der Waals surface area contributed by atoms with Gasteiger partial charge >= 0.3 is 0 Å². The van der Waals surface area contributed by atoms with E-state index in [0.29, 0.717) is 22.0 Å². The smallest absolute Gasteiger partial charge is 0.258 e. The Bertz CT molecular complexity index is 1040. The van der Waals surface area contributed by atoms with Gasteiger partial charge in [0.25, 0.3) is 11.8 Å². The molecule has 148 valence electrons. The van der Waals surface area contributed by atoms with Gasteiger partial charge in [-0.3, -0.25) is 9.59 Å². The quantitative estimate of drug-likeness (QED) is 0.587. The molecule has 4 rings (SSSR count). The second-order valence-corrected chi connectivity index (χ2v) is 8.80. The Labute approximate surface area is 175 Å². The van der Waals surface area contributed by atoms with Crippen LogP contribution in [0.2, 0.25) is 0 Å². The highest BCUT2D eigenvalue weighted by Gasteiger charge is 2.28. The zero-order valence-corrected chi connectivity index (χ0v) is 17.4. The molecule has 1 heterocycles. The number of fused-ring (bicyclic) bond motifs is 1. The number of nitrogens with one attached hydrogen (secondary N) is 2. The molecule has 1 atom stereocenters. The van der Waals surface area contributed by atoms with E-state index in [9.17, 15) is 9.59 Å². The van der Waals surface area contributed by atoms with E-state index in [4.69, 9.17) is 0 Å². The number of anilines is 2. The van der Waals surface area contributed by atoms with Crippen LogP contribution in [0.15, 0.2) is 54.6 Å². The molecule has 3 aromatic rings.